The van der Waals surface area contributed by atoms with Crippen LogP contribution in [0.15, 0.2) is 53.3 Å². The van der Waals surface area contributed by atoms with Gasteiger partial charge in [0.05, 0.1) is 11.8 Å². The third kappa shape index (κ3) is 2.76. The van der Waals surface area contributed by atoms with E-state index in [1.165, 1.54) is 11.8 Å². The van der Waals surface area contributed by atoms with E-state index in [1.807, 2.05) is 18.3 Å². The molecule has 1 aliphatic heterocycles. The molecule has 0 spiro atoms. The molecular weight excluding hydrogens is 314 g/mol. The Kier molecular flexibility index (Phi) is 3.93. The number of furan rings is 1. The van der Waals surface area contributed by atoms with Crippen LogP contribution in [0.3, 0.4) is 0 Å². The smallest absolute Gasteiger partial charge is 0.228 e. The van der Waals surface area contributed by atoms with Crippen LogP contribution in [0.25, 0.3) is 16.5 Å². The van der Waals surface area contributed by atoms with Gasteiger partial charge in [0, 0.05) is 35.8 Å². The van der Waals surface area contributed by atoms with Crippen LogP contribution in [-0.2, 0) is 0 Å². The van der Waals surface area contributed by atoms with Gasteiger partial charge in [-0.1, -0.05) is 13.0 Å². The first kappa shape index (κ1) is 15.7. The highest BCUT2D eigenvalue weighted by Gasteiger charge is 2.18. The first-order chi connectivity index (χ1) is 12.2. The molecule has 0 aliphatic carbocycles. The molecule has 4 rings (SSSR count). The van der Waals surface area contributed by atoms with Crippen LogP contribution >= 0.6 is 0 Å². The molecule has 2 aromatic heterocycles. The van der Waals surface area contributed by atoms with Crippen LogP contribution in [0, 0.1) is 0 Å². The van der Waals surface area contributed by atoms with Crippen LogP contribution in [-0.4, -0.2) is 35.0 Å². The van der Waals surface area contributed by atoms with Crippen molar-refractivity contribution in [3.8, 4) is 0 Å². The van der Waals surface area contributed by atoms with E-state index in [1.54, 1.807) is 22.9 Å². The van der Waals surface area contributed by atoms with Gasteiger partial charge in [-0.05, 0) is 48.9 Å². The van der Waals surface area contributed by atoms with E-state index >= 15 is 0 Å². The molecule has 5 nitrogen and oxygen atoms in total. The predicted octanol–water partition coefficient (Wildman–Crippen LogP) is 3.29. The minimum Gasteiger partial charge on any atom is -0.461 e. The quantitative estimate of drug-likeness (QED) is 0.587. The van der Waals surface area contributed by atoms with Gasteiger partial charge in [0.1, 0.15) is 0 Å². The summed E-state index contributed by atoms with van der Waals surface area (Å²) in [6, 6.07) is 9.03. The molecule has 0 bridgehead atoms. The van der Waals surface area contributed by atoms with Crippen LogP contribution in [0.5, 0.6) is 0 Å². The van der Waals surface area contributed by atoms with Gasteiger partial charge in [-0.15, -0.1) is 0 Å². The van der Waals surface area contributed by atoms with E-state index in [2.05, 4.69) is 17.9 Å². The lowest BCUT2D eigenvalue weighted by Crippen LogP contribution is -2.27. The molecule has 0 unspecified atom stereocenters. The lowest BCUT2D eigenvalue weighted by molar-refractivity contribution is 0.101. The Balaban J connectivity index is 1.77. The van der Waals surface area contributed by atoms with Crippen LogP contribution in [0.2, 0.25) is 0 Å². The maximum atomic E-state index is 12.6. The molecular formula is C20H21N3O2. The fraction of sp³-hybridized carbons (Fsp3) is 0.250. The molecule has 0 fully saturated rings. The van der Waals surface area contributed by atoms with Crippen molar-refractivity contribution in [1.82, 2.24) is 9.58 Å². The van der Waals surface area contributed by atoms with Crippen molar-refractivity contribution in [2.45, 2.75) is 13.3 Å². The van der Waals surface area contributed by atoms with Crippen molar-refractivity contribution < 1.29 is 9.21 Å². The second kappa shape index (κ2) is 6.26. The lowest BCUT2D eigenvalue weighted by atomic mass is 9.97. The van der Waals surface area contributed by atoms with Gasteiger partial charge < -0.3 is 10.3 Å². The van der Waals surface area contributed by atoms with Gasteiger partial charge in [-0.2, -0.15) is 0 Å². The zero-order chi connectivity index (χ0) is 17.4. The van der Waals surface area contributed by atoms with E-state index in [0.717, 1.165) is 42.5 Å². The Hall–Kier alpha value is -2.79. The molecule has 3 heterocycles. The SMILES string of the molecule is CCN1CC=C(c2cn(N)c3ccc(C(=O)c4ccco4)cc23)CC1. The van der Waals surface area contributed by atoms with Gasteiger partial charge in [-0.3, -0.25) is 14.4 Å². The first-order valence-corrected chi connectivity index (χ1v) is 8.57. The molecule has 1 aromatic carbocycles. The number of ketones is 1. The molecule has 5 heteroatoms. The van der Waals surface area contributed by atoms with Crippen molar-refractivity contribution in [3.05, 3.63) is 65.8 Å². The molecule has 3 aromatic rings. The Morgan fingerprint density at radius 2 is 2.20 bits per heavy atom. The van der Waals surface area contributed by atoms with Gasteiger partial charge in [0.25, 0.3) is 0 Å². The van der Waals surface area contributed by atoms with E-state index < -0.39 is 0 Å². The summed E-state index contributed by atoms with van der Waals surface area (Å²) in [5.41, 5.74) is 3.94. The van der Waals surface area contributed by atoms with E-state index in [0.29, 0.717) is 11.3 Å². The van der Waals surface area contributed by atoms with Gasteiger partial charge in [0.2, 0.25) is 5.78 Å². The number of likely N-dealkylation sites (N-methyl/N-ethyl adjacent to an activating group) is 1. The highest BCUT2D eigenvalue weighted by molar-refractivity contribution is 6.09. The van der Waals surface area contributed by atoms with E-state index in [9.17, 15) is 4.79 Å². The highest BCUT2D eigenvalue weighted by atomic mass is 16.3. The Morgan fingerprint density at radius 3 is 2.88 bits per heavy atom. The second-order valence-corrected chi connectivity index (χ2v) is 6.36. The second-order valence-electron chi connectivity index (χ2n) is 6.36. The number of aromatic nitrogens is 1. The number of hydrogen-bond acceptors (Lipinski definition) is 4. The topological polar surface area (TPSA) is 64.4 Å². The molecule has 0 saturated carbocycles. The minimum absolute atomic E-state index is 0.114. The fourth-order valence-corrected chi connectivity index (χ4v) is 3.45. The Morgan fingerprint density at radius 1 is 1.32 bits per heavy atom. The average molecular weight is 335 g/mol. The third-order valence-electron chi connectivity index (χ3n) is 4.93. The van der Waals surface area contributed by atoms with Gasteiger partial charge in [0.15, 0.2) is 5.76 Å². The summed E-state index contributed by atoms with van der Waals surface area (Å²) in [4.78, 5) is 15.0. The van der Waals surface area contributed by atoms with E-state index in [-0.39, 0.29) is 5.78 Å². The predicted molar refractivity (Wildman–Crippen MR) is 98.9 cm³/mol. The molecule has 0 atom stereocenters. The number of carbonyl (C=O) groups is 1. The normalized spacial score (nSPS) is 15.5. The molecule has 128 valence electrons. The van der Waals surface area contributed by atoms with Crippen LogP contribution in [0.1, 0.15) is 35.0 Å². The number of carbonyl (C=O) groups excluding carboxylic acids is 1. The molecule has 0 amide bonds. The zero-order valence-corrected chi connectivity index (χ0v) is 14.2. The van der Waals surface area contributed by atoms with Crippen LogP contribution < -0.4 is 5.84 Å². The molecule has 2 N–H and O–H groups in total. The first-order valence-electron chi connectivity index (χ1n) is 8.57. The summed E-state index contributed by atoms with van der Waals surface area (Å²) in [7, 11) is 0. The average Bonchev–Trinajstić information content (AvgIpc) is 3.29. The summed E-state index contributed by atoms with van der Waals surface area (Å²) in [6.07, 6.45) is 6.73. The summed E-state index contributed by atoms with van der Waals surface area (Å²) in [5, 5.41) is 1.01. The molecule has 25 heavy (non-hydrogen) atoms. The van der Waals surface area contributed by atoms with Crippen LogP contribution in [0.4, 0.5) is 0 Å². The number of rotatable bonds is 4. The summed E-state index contributed by atoms with van der Waals surface area (Å²) in [6.45, 7) is 5.24. The van der Waals surface area contributed by atoms with Gasteiger partial charge in [-0.25, -0.2) is 0 Å². The molecule has 1 aliphatic rings. The summed E-state index contributed by atoms with van der Waals surface area (Å²) < 4.78 is 6.88. The number of nitrogens with zero attached hydrogens (tertiary/aromatic N) is 2. The van der Waals surface area contributed by atoms with Crippen molar-refractivity contribution in [2.75, 3.05) is 25.5 Å². The largest absolute Gasteiger partial charge is 0.461 e. The number of hydrogen-bond donors (Lipinski definition) is 1. The number of benzene rings is 1. The lowest BCUT2D eigenvalue weighted by Gasteiger charge is -2.24. The Labute approximate surface area is 146 Å². The van der Waals surface area contributed by atoms with E-state index in [4.69, 9.17) is 10.3 Å². The monoisotopic (exact) mass is 335 g/mol. The fourth-order valence-electron chi connectivity index (χ4n) is 3.45. The molecule has 0 saturated heterocycles. The number of fused-ring (bicyclic) bond motifs is 1. The minimum atomic E-state index is -0.114. The van der Waals surface area contributed by atoms with Gasteiger partial charge >= 0.3 is 0 Å². The maximum absolute atomic E-state index is 12.6. The third-order valence-corrected chi connectivity index (χ3v) is 4.93. The van der Waals surface area contributed by atoms with Crippen molar-refractivity contribution in [2.24, 2.45) is 0 Å². The summed E-state index contributed by atoms with van der Waals surface area (Å²) >= 11 is 0. The zero-order valence-electron chi connectivity index (χ0n) is 14.2. The summed E-state index contributed by atoms with van der Waals surface area (Å²) in [5.74, 6) is 6.37. The Bertz CT molecular complexity index is 951. The maximum Gasteiger partial charge on any atom is 0.228 e. The highest BCUT2D eigenvalue weighted by Crippen LogP contribution is 2.31. The van der Waals surface area contributed by atoms with Crippen molar-refractivity contribution in [3.63, 3.8) is 0 Å². The number of nitrogens with two attached hydrogens (primary N) is 1. The standard InChI is InChI=1S/C20H21N3O2/c1-2-22-9-7-14(8-10-22)17-13-23(21)18-6-5-15(12-16(17)18)20(24)19-4-3-11-25-19/h3-7,11-13H,2,8-10,21H2,1H3. The number of nitrogen functional groups attached to an aromatic ring is 1. The van der Waals surface area contributed by atoms with Crippen molar-refractivity contribution >= 4 is 22.3 Å². The van der Waals surface area contributed by atoms with Crippen molar-refractivity contribution in [1.29, 1.82) is 0 Å². The molecule has 0 radical (unpaired) electrons.